The number of aliphatic carboxylic acids is 1. The molecule has 2 amide bonds. The zero-order chi connectivity index (χ0) is 24.5. The molecule has 2 aliphatic rings. The molecular formula is C26H30N2O6. The minimum Gasteiger partial charge on any atom is -0.480 e. The Balaban J connectivity index is 1.43. The second-order valence-corrected chi connectivity index (χ2v) is 9.61. The van der Waals surface area contributed by atoms with Gasteiger partial charge >= 0.3 is 18.2 Å². The molecule has 1 fully saturated rings. The SMILES string of the molecule is CC(C)(C)OC(=O)N1CCN(C(=O)OCC2c3ccccc3-c3ccccc32)CCC1C(=O)O. The van der Waals surface area contributed by atoms with Crippen molar-refractivity contribution in [3.05, 3.63) is 59.7 Å². The maximum absolute atomic E-state index is 12.9. The molecule has 1 aliphatic heterocycles. The first-order chi connectivity index (χ1) is 16.2. The van der Waals surface area contributed by atoms with E-state index >= 15 is 0 Å². The summed E-state index contributed by atoms with van der Waals surface area (Å²) in [7, 11) is 0. The summed E-state index contributed by atoms with van der Waals surface area (Å²) in [6.45, 7) is 5.74. The third kappa shape index (κ3) is 4.85. The lowest BCUT2D eigenvalue weighted by atomic mass is 9.98. The number of hydrogen-bond donors (Lipinski definition) is 1. The zero-order valence-corrected chi connectivity index (χ0v) is 19.7. The van der Waals surface area contributed by atoms with Crippen molar-refractivity contribution in [2.45, 2.75) is 44.8 Å². The maximum Gasteiger partial charge on any atom is 0.411 e. The van der Waals surface area contributed by atoms with Crippen LogP contribution in [0.5, 0.6) is 0 Å². The largest absolute Gasteiger partial charge is 0.480 e. The number of carboxylic acid groups (broad SMARTS) is 1. The number of hydrogen-bond acceptors (Lipinski definition) is 5. The van der Waals surface area contributed by atoms with Gasteiger partial charge in [0.25, 0.3) is 0 Å². The molecule has 1 unspecified atom stereocenters. The Kier molecular flexibility index (Phi) is 6.50. The first-order valence-electron chi connectivity index (χ1n) is 11.5. The number of ether oxygens (including phenoxy) is 2. The number of amides is 2. The fourth-order valence-electron chi connectivity index (χ4n) is 4.59. The quantitative estimate of drug-likeness (QED) is 0.723. The average molecular weight is 467 g/mol. The minimum absolute atomic E-state index is 0.0517. The van der Waals surface area contributed by atoms with Crippen LogP contribution in [-0.2, 0) is 14.3 Å². The number of carboxylic acids is 1. The molecule has 0 saturated carbocycles. The van der Waals surface area contributed by atoms with Gasteiger partial charge in [0.2, 0.25) is 0 Å². The first kappa shape index (κ1) is 23.6. The van der Waals surface area contributed by atoms with Crippen LogP contribution in [0.25, 0.3) is 11.1 Å². The third-order valence-electron chi connectivity index (χ3n) is 6.17. The zero-order valence-electron chi connectivity index (χ0n) is 19.7. The van der Waals surface area contributed by atoms with Gasteiger partial charge in [0.05, 0.1) is 0 Å². The van der Waals surface area contributed by atoms with Crippen LogP contribution < -0.4 is 0 Å². The van der Waals surface area contributed by atoms with Crippen molar-refractivity contribution in [1.29, 1.82) is 0 Å². The molecule has 4 rings (SSSR count). The van der Waals surface area contributed by atoms with Gasteiger partial charge in [0.1, 0.15) is 18.2 Å². The minimum atomic E-state index is -1.12. The van der Waals surface area contributed by atoms with Crippen molar-refractivity contribution in [1.82, 2.24) is 9.80 Å². The van der Waals surface area contributed by atoms with Gasteiger partial charge in [-0.15, -0.1) is 0 Å². The molecule has 1 saturated heterocycles. The fraction of sp³-hybridized carbons (Fsp3) is 0.423. The van der Waals surface area contributed by atoms with E-state index in [2.05, 4.69) is 24.3 Å². The van der Waals surface area contributed by atoms with Crippen LogP contribution in [0.3, 0.4) is 0 Å². The number of benzene rings is 2. The van der Waals surface area contributed by atoms with E-state index in [0.717, 1.165) is 22.3 Å². The van der Waals surface area contributed by atoms with Crippen LogP contribution in [0.15, 0.2) is 48.5 Å². The highest BCUT2D eigenvalue weighted by Crippen LogP contribution is 2.44. The number of fused-ring (bicyclic) bond motifs is 3. The molecule has 2 aromatic rings. The second-order valence-electron chi connectivity index (χ2n) is 9.61. The van der Waals surface area contributed by atoms with Gasteiger partial charge in [-0.05, 0) is 49.4 Å². The van der Waals surface area contributed by atoms with Gasteiger partial charge in [0, 0.05) is 25.6 Å². The van der Waals surface area contributed by atoms with Crippen LogP contribution in [0.4, 0.5) is 9.59 Å². The molecular weight excluding hydrogens is 436 g/mol. The molecule has 0 radical (unpaired) electrons. The number of nitrogens with zero attached hydrogens (tertiary/aromatic N) is 2. The van der Waals surface area contributed by atoms with Crippen LogP contribution in [0, 0.1) is 0 Å². The Morgan fingerprint density at radius 1 is 0.912 bits per heavy atom. The highest BCUT2D eigenvalue weighted by Gasteiger charge is 2.37. The standard InChI is InChI=1S/C26H30N2O6/c1-26(2,3)34-25(32)28-15-14-27(13-12-22(28)23(29)30)24(31)33-16-21-19-10-6-4-8-17(19)18-9-5-7-11-20(18)21/h4-11,21-22H,12-16H2,1-3H3,(H,29,30). The Bertz CT molecular complexity index is 1050. The molecule has 1 aliphatic carbocycles. The summed E-state index contributed by atoms with van der Waals surface area (Å²) in [5.74, 6) is -1.19. The van der Waals surface area contributed by atoms with Crippen LogP contribution in [0.1, 0.15) is 44.2 Å². The molecule has 0 aromatic heterocycles. The molecule has 1 atom stereocenters. The Morgan fingerprint density at radius 3 is 2.06 bits per heavy atom. The molecule has 0 spiro atoms. The van der Waals surface area contributed by atoms with E-state index in [1.807, 2.05) is 24.3 Å². The molecule has 1 heterocycles. The summed E-state index contributed by atoms with van der Waals surface area (Å²) in [6, 6.07) is 15.1. The van der Waals surface area contributed by atoms with E-state index in [4.69, 9.17) is 9.47 Å². The van der Waals surface area contributed by atoms with E-state index in [9.17, 15) is 19.5 Å². The van der Waals surface area contributed by atoms with Gasteiger partial charge in [-0.1, -0.05) is 48.5 Å². The second kappa shape index (κ2) is 9.37. The molecule has 34 heavy (non-hydrogen) atoms. The first-order valence-corrected chi connectivity index (χ1v) is 11.5. The lowest BCUT2D eigenvalue weighted by molar-refractivity contribution is -0.143. The van der Waals surface area contributed by atoms with Gasteiger partial charge in [-0.25, -0.2) is 14.4 Å². The predicted octanol–water partition coefficient (Wildman–Crippen LogP) is 4.33. The molecule has 1 N–H and O–H groups in total. The van der Waals surface area contributed by atoms with Crippen LogP contribution in [-0.4, -0.2) is 70.9 Å². The van der Waals surface area contributed by atoms with Crippen LogP contribution in [0.2, 0.25) is 0 Å². The van der Waals surface area contributed by atoms with Crippen molar-refractivity contribution in [3.8, 4) is 11.1 Å². The van der Waals surface area contributed by atoms with E-state index in [0.29, 0.717) is 0 Å². The van der Waals surface area contributed by atoms with E-state index in [-0.39, 0.29) is 38.6 Å². The smallest absolute Gasteiger partial charge is 0.411 e. The van der Waals surface area contributed by atoms with Gasteiger partial charge in [-0.3, -0.25) is 4.90 Å². The molecule has 2 aromatic carbocycles. The van der Waals surface area contributed by atoms with Crippen molar-refractivity contribution in [2.24, 2.45) is 0 Å². The summed E-state index contributed by atoms with van der Waals surface area (Å²) in [4.78, 5) is 40.0. The number of rotatable bonds is 3. The summed E-state index contributed by atoms with van der Waals surface area (Å²) < 4.78 is 11.1. The molecule has 0 bridgehead atoms. The van der Waals surface area contributed by atoms with Crippen molar-refractivity contribution in [3.63, 3.8) is 0 Å². The Labute approximate surface area is 199 Å². The number of carbonyl (C=O) groups excluding carboxylic acids is 2. The highest BCUT2D eigenvalue weighted by atomic mass is 16.6. The van der Waals surface area contributed by atoms with Crippen molar-refractivity contribution >= 4 is 18.2 Å². The monoisotopic (exact) mass is 466 g/mol. The lowest BCUT2D eigenvalue weighted by Gasteiger charge is -2.29. The maximum atomic E-state index is 12.9. The predicted molar refractivity (Wildman–Crippen MR) is 126 cm³/mol. The van der Waals surface area contributed by atoms with Crippen molar-refractivity contribution < 1.29 is 29.0 Å². The van der Waals surface area contributed by atoms with Gasteiger partial charge in [0.15, 0.2) is 0 Å². The van der Waals surface area contributed by atoms with E-state index in [1.165, 1.54) is 9.80 Å². The summed E-state index contributed by atoms with van der Waals surface area (Å²) in [5, 5.41) is 9.65. The molecule has 180 valence electrons. The van der Waals surface area contributed by atoms with E-state index in [1.54, 1.807) is 20.8 Å². The van der Waals surface area contributed by atoms with Crippen LogP contribution >= 0.6 is 0 Å². The lowest BCUT2D eigenvalue weighted by Crippen LogP contribution is -2.47. The summed E-state index contributed by atoms with van der Waals surface area (Å²) in [5.41, 5.74) is 3.78. The Hall–Kier alpha value is -3.55. The summed E-state index contributed by atoms with van der Waals surface area (Å²) in [6.07, 6.45) is -1.12. The summed E-state index contributed by atoms with van der Waals surface area (Å²) >= 11 is 0. The average Bonchev–Trinajstić information content (AvgIpc) is 2.93. The Morgan fingerprint density at radius 2 is 1.50 bits per heavy atom. The van der Waals surface area contributed by atoms with Gasteiger partial charge in [-0.2, -0.15) is 0 Å². The van der Waals surface area contributed by atoms with Crippen molar-refractivity contribution in [2.75, 3.05) is 26.2 Å². The third-order valence-corrected chi connectivity index (χ3v) is 6.17. The normalized spacial score (nSPS) is 18.0. The molecule has 8 heteroatoms. The van der Waals surface area contributed by atoms with Gasteiger partial charge < -0.3 is 19.5 Å². The molecule has 8 nitrogen and oxygen atoms in total. The topological polar surface area (TPSA) is 96.4 Å². The van der Waals surface area contributed by atoms with E-state index < -0.39 is 29.8 Å². The number of carbonyl (C=O) groups is 3. The fourth-order valence-corrected chi connectivity index (χ4v) is 4.59. The highest BCUT2D eigenvalue weighted by molar-refractivity contribution is 5.81.